The smallest absolute Gasteiger partial charge is 0.223 e. The highest BCUT2D eigenvalue weighted by Gasteiger charge is 2.31. The standard InChI is InChI=1S/C18H20N4/c1-3-19-13-15-9-5-7-11-21(15)17(19)18-20(4-2)14-16-10-6-8-12-22(16)18/h5-14H,3-4H2,1-2H3/q+2. The molecule has 0 saturated carbocycles. The normalized spacial score (nSPS) is 11.5. The number of pyridine rings is 2. The minimum atomic E-state index is 0.945. The van der Waals surface area contributed by atoms with Gasteiger partial charge in [0.25, 0.3) is 0 Å². The van der Waals surface area contributed by atoms with Crippen molar-refractivity contribution in [3.8, 4) is 11.6 Å². The summed E-state index contributed by atoms with van der Waals surface area (Å²) in [4.78, 5) is 0. The van der Waals surface area contributed by atoms with Gasteiger partial charge in [0, 0.05) is 0 Å². The lowest BCUT2D eigenvalue weighted by molar-refractivity contribution is -0.710. The maximum absolute atomic E-state index is 2.32. The summed E-state index contributed by atoms with van der Waals surface area (Å²) in [6, 6.07) is 12.7. The molecule has 4 heteroatoms. The number of nitrogens with zero attached hydrogens (tertiary/aromatic N) is 4. The maximum Gasteiger partial charge on any atom is 0.378 e. The van der Waals surface area contributed by atoms with Gasteiger partial charge in [-0.3, -0.25) is 0 Å². The summed E-state index contributed by atoms with van der Waals surface area (Å²) < 4.78 is 9.17. The quantitative estimate of drug-likeness (QED) is 0.516. The Kier molecular flexibility index (Phi) is 2.96. The zero-order valence-electron chi connectivity index (χ0n) is 13.0. The van der Waals surface area contributed by atoms with Crippen LogP contribution in [0.2, 0.25) is 0 Å². The second kappa shape index (κ2) is 4.98. The molecule has 4 aromatic rings. The van der Waals surface area contributed by atoms with Gasteiger partial charge in [-0.15, -0.1) is 0 Å². The lowest BCUT2D eigenvalue weighted by Gasteiger charge is -1.98. The van der Waals surface area contributed by atoms with Gasteiger partial charge in [-0.25, -0.2) is 9.13 Å². The molecule has 0 bridgehead atoms. The monoisotopic (exact) mass is 292 g/mol. The van der Waals surface area contributed by atoms with E-state index in [2.05, 4.69) is 93.0 Å². The summed E-state index contributed by atoms with van der Waals surface area (Å²) in [6.45, 7) is 6.27. The average Bonchev–Trinajstić information content (AvgIpc) is 3.11. The predicted molar refractivity (Wildman–Crippen MR) is 85.5 cm³/mol. The van der Waals surface area contributed by atoms with Crippen LogP contribution in [0.3, 0.4) is 0 Å². The average molecular weight is 292 g/mol. The van der Waals surface area contributed by atoms with Gasteiger partial charge in [0.2, 0.25) is 0 Å². The largest absolute Gasteiger partial charge is 0.378 e. The van der Waals surface area contributed by atoms with Crippen LogP contribution in [0, 0.1) is 0 Å². The molecule has 0 N–H and O–H groups in total. The van der Waals surface area contributed by atoms with Crippen molar-refractivity contribution in [2.45, 2.75) is 26.9 Å². The van der Waals surface area contributed by atoms with Crippen molar-refractivity contribution in [2.75, 3.05) is 0 Å². The number of aromatic nitrogens is 4. The molecule has 0 radical (unpaired) electrons. The summed E-state index contributed by atoms with van der Waals surface area (Å²) in [5.74, 6) is 2.43. The highest BCUT2D eigenvalue weighted by Crippen LogP contribution is 2.18. The van der Waals surface area contributed by atoms with E-state index in [1.807, 2.05) is 0 Å². The van der Waals surface area contributed by atoms with E-state index < -0.39 is 0 Å². The van der Waals surface area contributed by atoms with Crippen LogP contribution in [-0.2, 0) is 13.1 Å². The van der Waals surface area contributed by atoms with Crippen molar-refractivity contribution in [1.82, 2.24) is 8.80 Å². The van der Waals surface area contributed by atoms with Gasteiger partial charge in [-0.05, 0) is 38.1 Å². The third-order valence-electron chi connectivity index (χ3n) is 4.24. The summed E-state index contributed by atoms with van der Waals surface area (Å²) >= 11 is 0. The van der Waals surface area contributed by atoms with Gasteiger partial charge in [0.05, 0.1) is 25.5 Å². The first-order valence-electron chi connectivity index (χ1n) is 7.83. The molecule has 0 aliphatic rings. The number of rotatable bonds is 3. The number of fused-ring (bicyclic) bond motifs is 2. The Morgan fingerprint density at radius 3 is 1.59 bits per heavy atom. The molecular weight excluding hydrogens is 272 g/mol. The Hall–Kier alpha value is -2.62. The molecule has 4 rings (SSSR count). The van der Waals surface area contributed by atoms with Crippen molar-refractivity contribution < 1.29 is 9.13 Å². The van der Waals surface area contributed by atoms with Crippen LogP contribution < -0.4 is 9.13 Å². The third kappa shape index (κ3) is 1.77. The number of hydrogen-bond acceptors (Lipinski definition) is 0. The summed E-state index contributed by atoms with van der Waals surface area (Å²) in [5, 5.41) is 0. The first-order valence-corrected chi connectivity index (χ1v) is 7.83. The van der Waals surface area contributed by atoms with Gasteiger partial charge in [-0.2, -0.15) is 8.80 Å². The third-order valence-corrected chi connectivity index (χ3v) is 4.24. The molecule has 4 nitrogen and oxygen atoms in total. The van der Waals surface area contributed by atoms with E-state index in [4.69, 9.17) is 0 Å². The lowest BCUT2D eigenvalue weighted by Crippen LogP contribution is -2.40. The topological polar surface area (TPSA) is 16.6 Å². The Morgan fingerprint density at radius 2 is 1.18 bits per heavy atom. The van der Waals surface area contributed by atoms with Crippen LogP contribution in [-0.4, -0.2) is 8.80 Å². The molecule has 0 saturated heterocycles. The highest BCUT2D eigenvalue weighted by atomic mass is 15.2. The lowest BCUT2D eigenvalue weighted by atomic mass is 10.4. The first-order chi connectivity index (χ1) is 10.8. The van der Waals surface area contributed by atoms with Crippen LogP contribution in [0.5, 0.6) is 0 Å². The SMILES string of the molecule is CC[n+]1cc2ccccn2c1-c1n2ccccc2c[n+]1CC. The fraction of sp³-hybridized carbons (Fsp3) is 0.222. The minimum Gasteiger partial charge on any atom is -0.223 e. The van der Waals surface area contributed by atoms with Gasteiger partial charge in [0.15, 0.2) is 11.0 Å². The van der Waals surface area contributed by atoms with E-state index in [1.165, 1.54) is 22.7 Å². The van der Waals surface area contributed by atoms with E-state index in [9.17, 15) is 0 Å². The van der Waals surface area contributed by atoms with Crippen LogP contribution in [0.15, 0.2) is 61.2 Å². The predicted octanol–water partition coefficient (Wildman–Crippen LogP) is 2.47. The van der Waals surface area contributed by atoms with Crippen molar-refractivity contribution in [3.05, 3.63) is 61.2 Å². The molecule has 0 unspecified atom stereocenters. The van der Waals surface area contributed by atoms with Crippen molar-refractivity contribution >= 4 is 11.0 Å². The van der Waals surface area contributed by atoms with Crippen molar-refractivity contribution in [1.29, 1.82) is 0 Å². The van der Waals surface area contributed by atoms with E-state index >= 15 is 0 Å². The maximum atomic E-state index is 2.32. The van der Waals surface area contributed by atoms with Crippen LogP contribution in [0.1, 0.15) is 13.8 Å². The van der Waals surface area contributed by atoms with E-state index in [1.54, 1.807) is 0 Å². The van der Waals surface area contributed by atoms with Gasteiger partial charge in [0.1, 0.15) is 12.4 Å². The van der Waals surface area contributed by atoms with Gasteiger partial charge in [-0.1, -0.05) is 12.1 Å². The molecule has 0 amide bonds. The van der Waals surface area contributed by atoms with Crippen LogP contribution in [0.4, 0.5) is 0 Å². The van der Waals surface area contributed by atoms with Crippen molar-refractivity contribution in [3.63, 3.8) is 0 Å². The Morgan fingerprint density at radius 1 is 0.727 bits per heavy atom. The van der Waals surface area contributed by atoms with Gasteiger partial charge < -0.3 is 0 Å². The Labute approximate surface area is 129 Å². The number of hydrogen-bond donors (Lipinski definition) is 0. The fourth-order valence-corrected chi connectivity index (χ4v) is 3.18. The molecule has 0 fully saturated rings. The van der Waals surface area contributed by atoms with E-state index in [-0.39, 0.29) is 0 Å². The zero-order chi connectivity index (χ0) is 15.1. The molecule has 0 spiro atoms. The second-order valence-corrected chi connectivity index (χ2v) is 5.47. The molecule has 4 aromatic heterocycles. The van der Waals surface area contributed by atoms with E-state index in [0.717, 1.165) is 13.1 Å². The molecule has 0 aliphatic heterocycles. The molecule has 4 heterocycles. The Bertz CT molecular complexity index is 882. The minimum absolute atomic E-state index is 0.945. The highest BCUT2D eigenvalue weighted by molar-refractivity contribution is 5.56. The van der Waals surface area contributed by atoms with Crippen LogP contribution >= 0.6 is 0 Å². The first kappa shape index (κ1) is 13.1. The fourth-order valence-electron chi connectivity index (χ4n) is 3.18. The molecule has 22 heavy (non-hydrogen) atoms. The number of imidazole rings is 2. The molecule has 0 aromatic carbocycles. The van der Waals surface area contributed by atoms with Crippen molar-refractivity contribution in [2.24, 2.45) is 0 Å². The summed E-state index contributed by atoms with van der Waals surface area (Å²) in [7, 11) is 0. The van der Waals surface area contributed by atoms with E-state index in [0.29, 0.717) is 0 Å². The molecule has 0 atom stereocenters. The zero-order valence-corrected chi connectivity index (χ0v) is 13.0. The van der Waals surface area contributed by atoms with Gasteiger partial charge >= 0.3 is 11.6 Å². The molecular formula is C18H20N4+2. The Balaban J connectivity index is 2.15. The number of aryl methyl sites for hydroxylation is 2. The molecule has 110 valence electrons. The second-order valence-electron chi connectivity index (χ2n) is 5.47. The molecule has 0 aliphatic carbocycles. The summed E-state index contributed by atoms with van der Waals surface area (Å²) in [5.41, 5.74) is 2.43. The van der Waals surface area contributed by atoms with Crippen LogP contribution in [0.25, 0.3) is 22.7 Å². The summed E-state index contributed by atoms with van der Waals surface area (Å²) in [6.07, 6.45) is 8.72.